The van der Waals surface area contributed by atoms with Crippen molar-refractivity contribution < 1.29 is 9.13 Å². The van der Waals surface area contributed by atoms with Gasteiger partial charge in [0, 0.05) is 13.0 Å². The fourth-order valence-electron chi connectivity index (χ4n) is 1.40. The van der Waals surface area contributed by atoms with E-state index in [1.165, 1.54) is 5.56 Å². The number of hydrogen-bond donors (Lipinski definition) is 1. The zero-order valence-corrected chi connectivity index (χ0v) is 9.84. The number of rotatable bonds is 8. The van der Waals surface area contributed by atoms with E-state index in [1.807, 2.05) is 18.2 Å². The largest absolute Gasteiger partial charge is 0.493 e. The van der Waals surface area contributed by atoms with Gasteiger partial charge in [-0.05, 0) is 30.7 Å². The lowest BCUT2D eigenvalue weighted by Gasteiger charge is -2.07. The minimum absolute atomic E-state index is 0.322. The highest BCUT2D eigenvalue weighted by Crippen LogP contribution is 2.13. The second kappa shape index (κ2) is 8.11. The summed E-state index contributed by atoms with van der Waals surface area (Å²) < 4.78 is 17.3. The van der Waals surface area contributed by atoms with Gasteiger partial charge in [0.2, 0.25) is 0 Å². The summed E-state index contributed by atoms with van der Waals surface area (Å²) in [7, 11) is 0. The van der Waals surface area contributed by atoms with Gasteiger partial charge in [-0.15, -0.1) is 0 Å². The first-order valence-corrected chi connectivity index (χ1v) is 5.85. The van der Waals surface area contributed by atoms with Crippen molar-refractivity contribution in [1.29, 1.82) is 0 Å². The van der Waals surface area contributed by atoms with Crippen LogP contribution in [-0.4, -0.2) is 19.8 Å². The predicted octanol–water partition coefficient (Wildman–Crippen LogP) is 2.92. The molecule has 0 amide bonds. The van der Waals surface area contributed by atoms with Crippen molar-refractivity contribution in [3.8, 4) is 5.75 Å². The molecule has 3 heteroatoms. The van der Waals surface area contributed by atoms with E-state index in [0.717, 1.165) is 25.3 Å². The molecule has 0 bridgehead atoms. The number of benzene rings is 1. The highest BCUT2D eigenvalue weighted by molar-refractivity contribution is 5.28. The molecular weight excluding hydrogens is 205 g/mol. The number of alkyl halides is 1. The molecule has 0 aromatic heterocycles. The average Bonchev–Trinajstić information content (AvgIpc) is 2.30. The molecule has 0 spiro atoms. The minimum atomic E-state index is -0.322. The molecule has 0 aliphatic carbocycles. The molecule has 1 aromatic rings. The third-order valence-corrected chi connectivity index (χ3v) is 2.20. The number of halogens is 1. The summed E-state index contributed by atoms with van der Waals surface area (Å²) in [5.74, 6) is 0.823. The summed E-state index contributed by atoms with van der Waals surface area (Å²) in [5, 5.41) is 3.33. The zero-order valence-electron chi connectivity index (χ0n) is 9.84. The van der Waals surface area contributed by atoms with Crippen LogP contribution < -0.4 is 10.1 Å². The monoisotopic (exact) mass is 225 g/mol. The number of nitrogens with one attached hydrogen (secondary N) is 1. The van der Waals surface area contributed by atoms with E-state index in [4.69, 9.17) is 4.74 Å². The maximum absolute atomic E-state index is 11.9. The van der Waals surface area contributed by atoms with Gasteiger partial charge in [-0.2, -0.15) is 0 Å². The van der Waals surface area contributed by atoms with Gasteiger partial charge in [0.25, 0.3) is 0 Å². The standard InChI is InChI=1S/C13H20FNO/c1-2-8-15-11-12-5-3-6-13(10-12)16-9-4-7-14/h3,5-6,10,15H,2,4,7-9,11H2,1H3. The lowest BCUT2D eigenvalue weighted by Crippen LogP contribution is -2.13. The first-order valence-electron chi connectivity index (χ1n) is 5.85. The molecule has 90 valence electrons. The molecule has 1 N–H and O–H groups in total. The van der Waals surface area contributed by atoms with E-state index in [1.54, 1.807) is 0 Å². The summed E-state index contributed by atoms with van der Waals surface area (Å²) in [6.07, 6.45) is 1.59. The van der Waals surface area contributed by atoms with E-state index >= 15 is 0 Å². The highest BCUT2D eigenvalue weighted by atomic mass is 19.1. The molecule has 0 fully saturated rings. The van der Waals surface area contributed by atoms with Crippen LogP contribution in [0.25, 0.3) is 0 Å². The predicted molar refractivity (Wildman–Crippen MR) is 64.5 cm³/mol. The number of hydrogen-bond acceptors (Lipinski definition) is 2. The smallest absolute Gasteiger partial charge is 0.119 e. The minimum Gasteiger partial charge on any atom is -0.493 e. The Kier molecular flexibility index (Phi) is 6.58. The van der Waals surface area contributed by atoms with Gasteiger partial charge in [-0.25, -0.2) is 0 Å². The van der Waals surface area contributed by atoms with Crippen LogP contribution in [0.2, 0.25) is 0 Å². The molecule has 0 unspecified atom stereocenters. The van der Waals surface area contributed by atoms with Crippen molar-refractivity contribution in [3.05, 3.63) is 29.8 Å². The van der Waals surface area contributed by atoms with E-state index < -0.39 is 0 Å². The molecule has 0 saturated heterocycles. The van der Waals surface area contributed by atoms with Gasteiger partial charge in [0.15, 0.2) is 0 Å². The first kappa shape index (κ1) is 13.0. The van der Waals surface area contributed by atoms with Crippen LogP contribution in [-0.2, 0) is 6.54 Å². The van der Waals surface area contributed by atoms with Gasteiger partial charge >= 0.3 is 0 Å². The van der Waals surface area contributed by atoms with Crippen LogP contribution in [0.1, 0.15) is 25.3 Å². The van der Waals surface area contributed by atoms with Crippen molar-refractivity contribution in [2.45, 2.75) is 26.3 Å². The van der Waals surface area contributed by atoms with Crippen LogP contribution in [0.4, 0.5) is 4.39 Å². The Bertz CT molecular complexity index is 266. The molecule has 0 radical (unpaired) electrons. The molecule has 0 aliphatic heterocycles. The average molecular weight is 225 g/mol. The lowest BCUT2D eigenvalue weighted by atomic mass is 10.2. The van der Waals surface area contributed by atoms with Crippen LogP contribution >= 0.6 is 0 Å². The maximum Gasteiger partial charge on any atom is 0.119 e. The highest BCUT2D eigenvalue weighted by Gasteiger charge is 1.96. The van der Waals surface area contributed by atoms with Crippen LogP contribution in [0.15, 0.2) is 24.3 Å². The second-order valence-corrected chi connectivity index (χ2v) is 3.72. The topological polar surface area (TPSA) is 21.3 Å². The Hall–Kier alpha value is -1.09. The normalized spacial score (nSPS) is 10.4. The summed E-state index contributed by atoms with van der Waals surface area (Å²) in [6.45, 7) is 4.14. The van der Waals surface area contributed by atoms with Gasteiger partial charge in [0.05, 0.1) is 13.3 Å². The Morgan fingerprint density at radius 1 is 1.38 bits per heavy atom. The summed E-state index contributed by atoms with van der Waals surface area (Å²) >= 11 is 0. The third kappa shape index (κ3) is 5.12. The Morgan fingerprint density at radius 2 is 2.25 bits per heavy atom. The van der Waals surface area contributed by atoms with Crippen molar-refractivity contribution >= 4 is 0 Å². The zero-order chi connectivity index (χ0) is 11.6. The van der Waals surface area contributed by atoms with Crippen molar-refractivity contribution in [3.63, 3.8) is 0 Å². The van der Waals surface area contributed by atoms with Crippen LogP contribution in [0, 0.1) is 0 Å². The van der Waals surface area contributed by atoms with Gasteiger partial charge in [-0.1, -0.05) is 19.1 Å². The molecular formula is C13H20FNO. The summed E-state index contributed by atoms with van der Waals surface area (Å²) in [4.78, 5) is 0. The van der Waals surface area contributed by atoms with Crippen molar-refractivity contribution in [2.75, 3.05) is 19.8 Å². The molecule has 1 aromatic carbocycles. The molecule has 0 saturated carbocycles. The fraction of sp³-hybridized carbons (Fsp3) is 0.538. The lowest BCUT2D eigenvalue weighted by molar-refractivity contribution is 0.289. The van der Waals surface area contributed by atoms with Gasteiger partial charge in [0.1, 0.15) is 5.75 Å². The van der Waals surface area contributed by atoms with E-state index in [-0.39, 0.29) is 6.67 Å². The second-order valence-electron chi connectivity index (χ2n) is 3.72. The molecule has 0 heterocycles. The van der Waals surface area contributed by atoms with E-state index in [0.29, 0.717) is 13.0 Å². The van der Waals surface area contributed by atoms with E-state index in [2.05, 4.69) is 18.3 Å². The molecule has 0 aliphatic rings. The van der Waals surface area contributed by atoms with E-state index in [9.17, 15) is 4.39 Å². The molecule has 0 atom stereocenters. The molecule has 1 rings (SSSR count). The molecule has 16 heavy (non-hydrogen) atoms. The Labute approximate surface area is 96.8 Å². The van der Waals surface area contributed by atoms with Gasteiger partial charge in [-0.3, -0.25) is 4.39 Å². The quantitative estimate of drug-likeness (QED) is 0.687. The molecule has 2 nitrogen and oxygen atoms in total. The maximum atomic E-state index is 11.9. The Morgan fingerprint density at radius 3 is 3.00 bits per heavy atom. The number of ether oxygens (including phenoxy) is 1. The first-order chi connectivity index (χ1) is 7.86. The van der Waals surface area contributed by atoms with Gasteiger partial charge < -0.3 is 10.1 Å². The van der Waals surface area contributed by atoms with Crippen LogP contribution in [0.5, 0.6) is 5.75 Å². The summed E-state index contributed by atoms with van der Waals surface area (Å²) in [6, 6.07) is 7.93. The van der Waals surface area contributed by atoms with Crippen molar-refractivity contribution in [2.24, 2.45) is 0 Å². The van der Waals surface area contributed by atoms with Crippen molar-refractivity contribution in [1.82, 2.24) is 5.32 Å². The Balaban J connectivity index is 2.37. The third-order valence-electron chi connectivity index (χ3n) is 2.20. The fourth-order valence-corrected chi connectivity index (χ4v) is 1.40. The summed E-state index contributed by atoms with van der Waals surface area (Å²) in [5.41, 5.74) is 1.20. The SMILES string of the molecule is CCCNCc1cccc(OCCCF)c1. The van der Waals surface area contributed by atoms with Crippen LogP contribution in [0.3, 0.4) is 0 Å².